The van der Waals surface area contributed by atoms with Crippen molar-refractivity contribution in [3.05, 3.63) is 11.7 Å². The molecule has 1 fully saturated rings. The van der Waals surface area contributed by atoms with E-state index in [4.69, 9.17) is 10.3 Å². The molecule has 3 atom stereocenters. The second-order valence-corrected chi connectivity index (χ2v) is 5.22. The van der Waals surface area contributed by atoms with Crippen molar-refractivity contribution >= 4 is 0 Å². The van der Waals surface area contributed by atoms with Gasteiger partial charge >= 0.3 is 0 Å². The SMILES string of the molecule is CCC1CCCC(c2noc(C(O)CCN)n2)C1. The Morgan fingerprint density at radius 3 is 3.06 bits per heavy atom. The number of hydrogen-bond acceptors (Lipinski definition) is 5. The molecular weight excluding hydrogens is 230 g/mol. The maximum atomic E-state index is 9.75. The minimum absolute atomic E-state index is 0.314. The molecule has 1 aromatic heterocycles. The monoisotopic (exact) mass is 253 g/mol. The number of aliphatic hydroxyl groups excluding tert-OH is 1. The van der Waals surface area contributed by atoms with Gasteiger partial charge in [0.2, 0.25) is 0 Å². The summed E-state index contributed by atoms with van der Waals surface area (Å²) in [7, 11) is 0. The van der Waals surface area contributed by atoms with Crippen molar-refractivity contribution in [3.8, 4) is 0 Å². The van der Waals surface area contributed by atoms with Crippen molar-refractivity contribution in [1.29, 1.82) is 0 Å². The molecule has 1 aromatic rings. The molecule has 0 aromatic carbocycles. The molecule has 1 heterocycles. The zero-order chi connectivity index (χ0) is 13.0. The predicted octanol–water partition coefficient (Wildman–Crippen LogP) is 2.14. The summed E-state index contributed by atoms with van der Waals surface area (Å²) in [5.41, 5.74) is 5.40. The molecule has 2 rings (SSSR count). The van der Waals surface area contributed by atoms with Crippen LogP contribution in [0, 0.1) is 5.92 Å². The van der Waals surface area contributed by atoms with Gasteiger partial charge in [0.05, 0.1) is 0 Å². The van der Waals surface area contributed by atoms with Crippen molar-refractivity contribution in [3.63, 3.8) is 0 Å². The van der Waals surface area contributed by atoms with Gasteiger partial charge in [-0.1, -0.05) is 31.3 Å². The van der Waals surface area contributed by atoms with Crippen LogP contribution in [0.1, 0.15) is 69.2 Å². The van der Waals surface area contributed by atoms with Crippen molar-refractivity contribution in [2.75, 3.05) is 6.54 Å². The highest BCUT2D eigenvalue weighted by Crippen LogP contribution is 2.36. The Bertz CT molecular complexity index is 367. The molecular formula is C13H23N3O2. The van der Waals surface area contributed by atoms with E-state index in [-0.39, 0.29) is 0 Å². The Hall–Kier alpha value is -0.940. The topological polar surface area (TPSA) is 85.2 Å². The van der Waals surface area contributed by atoms with Gasteiger partial charge < -0.3 is 15.4 Å². The van der Waals surface area contributed by atoms with E-state index < -0.39 is 6.10 Å². The van der Waals surface area contributed by atoms with E-state index in [0.29, 0.717) is 24.8 Å². The summed E-state index contributed by atoms with van der Waals surface area (Å²) in [5, 5.41) is 13.8. The average Bonchev–Trinajstić information content (AvgIpc) is 2.89. The van der Waals surface area contributed by atoms with Crippen LogP contribution in [0.2, 0.25) is 0 Å². The molecule has 102 valence electrons. The standard InChI is InChI=1S/C13H23N3O2/c1-2-9-4-3-5-10(8-9)12-15-13(18-16-12)11(17)6-7-14/h9-11,17H,2-8,14H2,1H3. The van der Waals surface area contributed by atoms with Gasteiger partial charge in [-0.2, -0.15) is 4.98 Å². The minimum atomic E-state index is -0.721. The van der Waals surface area contributed by atoms with E-state index in [9.17, 15) is 5.11 Å². The Morgan fingerprint density at radius 2 is 2.33 bits per heavy atom. The summed E-state index contributed by atoms with van der Waals surface area (Å²) in [6.07, 6.45) is 5.78. The fourth-order valence-electron chi connectivity index (χ4n) is 2.73. The Labute approximate surface area is 108 Å². The zero-order valence-electron chi connectivity index (χ0n) is 11.0. The molecule has 0 aliphatic heterocycles. The van der Waals surface area contributed by atoms with Crippen LogP contribution in [-0.2, 0) is 0 Å². The van der Waals surface area contributed by atoms with Crippen LogP contribution in [0.3, 0.4) is 0 Å². The summed E-state index contributed by atoms with van der Waals surface area (Å²) in [4.78, 5) is 4.34. The maximum Gasteiger partial charge on any atom is 0.255 e. The Morgan fingerprint density at radius 1 is 1.50 bits per heavy atom. The largest absolute Gasteiger partial charge is 0.383 e. The highest BCUT2D eigenvalue weighted by molar-refractivity contribution is 4.99. The lowest BCUT2D eigenvalue weighted by Crippen LogP contribution is -2.15. The van der Waals surface area contributed by atoms with Crippen LogP contribution in [-0.4, -0.2) is 21.8 Å². The molecule has 5 nitrogen and oxygen atoms in total. The van der Waals surface area contributed by atoms with Crippen molar-refractivity contribution in [2.24, 2.45) is 11.7 Å². The van der Waals surface area contributed by atoms with Crippen LogP contribution in [0.15, 0.2) is 4.52 Å². The number of aromatic nitrogens is 2. The third-order valence-corrected chi connectivity index (χ3v) is 3.91. The average molecular weight is 253 g/mol. The third kappa shape index (κ3) is 3.09. The zero-order valence-corrected chi connectivity index (χ0v) is 11.0. The maximum absolute atomic E-state index is 9.75. The molecule has 3 N–H and O–H groups in total. The van der Waals surface area contributed by atoms with E-state index >= 15 is 0 Å². The minimum Gasteiger partial charge on any atom is -0.383 e. The lowest BCUT2D eigenvalue weighted by atomic mass is 9.80. The van der Waals surface area contributed by atoms with Gasteiger partial charge in [0.15, 0.2) is 5.82 Å². The lowest BCUT2D eigenvalue weighted by molar-refractivity contribution is 0.127. The number of rotatable bonds is 5. The molecule has 0 spiro atoms. The smallest absolute Gasteiger partial charge is 0.255 e. The first kappa shape index (κ1) is 13.5. The Balaban J connectivity index is 2.00. The number of nitrogens with two attached hydrogens (primary N) is 1. The number of hydrogen-bond donors (Lipinski definition) is 2. The summed E-state index contributed by atoms with van der Waals surface area (Å²) >= 11 is 0. The van der Waals surface area contributed by atoms with E-state index in [1.807, 2.05) is 0 Å². The van der Waals surface area contributed by atoms with E-state index in [1.54, 1.807) is 0 Å². The van der Waals surface area contributed by atoms with E-state index in [1.165, 1.54) is 19.3 Å². The lowest BCUT2D eigenvalue weighted by Gasteiger charge is -2.26. The molecule has 3 unspecified atom stereocenters. The molecule has 0 radical (unpaired) electrons. The van der Waals surface area contributed by atoms with Crippen LogP contribution in [0.25, 0.3) is 0 Å². The van der Waals surface area contributed by atoms with Gasteiger partial charge in [-0.25, -0.2) is 0 Å². The number of nitrogens with zero attached hydrogens (tertiary/aromatic N) is 2. The molecule has 18 heavy (non-hydrogen) atoms. The van der Waals surface area contributed by atoms with Gasteiger partial charge in [-0.05, 0) is 31.7 Å². The normalized spacial score (nSPS) is 26.2. The summed E-state index contributed by atoms with van der Waals surface area (Å²) in [6, 6.07) is 0. The molecule has 1 aliphatic carbocycles. The first-order chi connectivity index (χ1) is 8.74. The van der Waals surface area contributed by atoms with Gasteiger partial charge in [0.1, 0.15) is 6.10 Å². The summed E-state index contributed by atoms with van der Waals surface area (Å²) in [6.45, 7) is 2.65. The van der Waals surface area contributed by atoms with Crippen LogP contribution in [0.5, 0.6) is 0 Å². The molecule has 0 saturated heterocycles. The predicted molar refractivity (Wildman–Crippen MR) is 67.9 cm³/mol. The molecule has 5 heteroatoms. The first-order valence-corrected chi connectivity index (χ1v) is 6.96. The number of aliphatic hydroxyl groups is 1. The van der Waals surface area contributed by atoms with Crippen LogP contribution < -0.4 is 5.73 Å². The van der Waals surface area contributed by atoms with Gasteiger partial charge in [0, 0.05) is 5.92 Å². The van der Waals surface area contributed by atoms with Crippen molar-refractivity contribution < 1.29 is 9.63 Å². The second kappa shape index (κ2) is 6.29. The first-order valence-electron chi connectivity index (χ1n) is 6.96. The molecule has 0 amide bonds. The Kier molecular flexibility index (Phi) is 4.72. The third-order valence-electron chi connectivity index (χ3n) is 3.91. The molecule has 0 bridgehead atoms. The highest BCUT2D eigenvalue weighted by atomic mass is 16.5. The van der Waals surface area contributed by atoms with E-state index in [2.05, 4.69) is 17.1 Å². The van der Waals surface area contributed by atoms with Crippen LogP contribution in [0.4, 0.5) is 0 Å². The van der Waals surface area contributed by atoms with Crippen molar-refractivity contribution in [1.82, 2.24) is 10.1 Å². The van der Waals surface area contributed by atoms with Gasteiger partial charge in [0.25, 0.3) is 5.89 Å². The highest BCUT2D eigenvalue weighted by Gasteiger charge is 2.26. The van der Waals surface area contributed by atoms with Gasteiger partial charge in [-0.3, -0.25) is 0 Å². The fourth-order valence-corrected chi connectivity index (χ4v) is 2.73. The summed E-state index contributed by atoms with van der Waals surface area (Å²) < 4.78 is 5.13. The molecule has 1 saturated carbocycles. The fraction of sp³-hybridized carbons (Fsp3) is 0.846. The quantitative estimate of drug-likeness (QED) is 0.839. The second-order valence-electron chi connectivity index (χ2n) is 5.22. The van der Waals surface area contributed by atoms with E-state index in [0.717, 1.165) is 24.6 Å². The van der Waals surface area contributed by atoms with Crippen LogP contribution >= 0.6 is 0 Å². The molecule has 1 aliphatic rings. The summed E-state index contributed by atoms with van der Waals surface area (Å²) in [5.74, 6) is 2.25. The van der Waals surface area contributed by atoms with Gasteiger partial charge in [-0.15, -0.1) is 0 Å². The van der Waals surface area contributed by atoms with Crippen molar-refractivity contribution in [2.45, 2.75) is 57.5 Å².